The second-order valence-electron chi connectivity index (χ2n) is 6.88. The molecule has 3 rings (SSSR count). The van der Waals surface area contributed by atoms with Crippen LogP contribution in [0.15, 0.2) is 59.5 Å². The van der Waals surface area contributed by atoms with Gasteiger partial charge in [0.2, 0.25) is 5.91 Å². The summed E-state index contributed by atoms with van der Waals surface area (Å²) in [6.45, 7) is 1.41. The average Bonchev–Trinajstić information content (AvgIpc) is 2.80. The molecule has 0 heterocycles. The second kappa shape index (κ2) is 10.3. The summed E-state index contributed by atoms with van der Waals surface area (Å²) in [6.07, 6.45) is 0. The van der Waals surface area contributed by atoms with Gasteiger partial charge in [-0.3, -0.25) is 19.7 Å². The molecule has 7 nitrogen and oxygen atoms in total. The van der Waals surface area contributed by atoms with Gasteiger partial charge in [0.1, 0.15) is 5.69 Å². The topological polar surface area (TPSA) is 101 Å². The number of benzene rings is 3. The van der Waals surface area contributed by atoms with Gasteiger partial charge in [-0.1, -0.05) is 6.07 Å². The molecular formula is C22H15F4N3O4S. The third kappa shape index (κ3) is 5.70. The third-order valence-electron chi connectivity index (χ3n) is 4.47. The van der Waals surface area contributed by atoms with Crippen molar-refractivity contribution in [2.24, 2.45) is 0 Å². The van der Waals surface area contributed by atoms with Crippen molar-refractivity contribution >= 4 is 40.6 Å². The van der Waals surface area contributed by atoms with E-state index in [1.165, 1.54) is 37.3 Å². The van der Waals surface area contributed by atoms with E-state index in [-0.39, 0.29) is 17.3 Å². The monoisotopic (exact) mass is 493 g/mol. The minimum atomic E-state index is -1.72. The fourth-order valence-electron chi connectivity index (χ4n) is 2.75. The number of amides is 2. The van der Waals surface area contributed by atoms with E-state index in [0.29, 0.717) is 10.6 Å². The number of halogens is 4. The summed E-state index contributed by atoms with van der Waals surface area (Å²) in [7, 11) is 0. The molecule has 2 N–H and O–H groups in total. The van der Waals surface area contributed by atoms with Crippen molar-refractivity contribution in [2.45, 2.75) is 17.1 Å². The lowest BCUT2D eigenvalue weighted by atomic mass is 10.2. The molecule has 3 aromatic rings. The zero-order valence-electron chi connectivity index (χ0n) is 17.3. The summed E-state index contributed by atoms with van der Waals surface area (Å²) in [5.74, 6) is -8.17. The van der Waals surface area contributed by atoms with E-state index >= 15 is 0 Å². The fraction of sp³-hybridized carbons (Fsp3) is 0.0909. The second-order valence-corrected chi connectivity index (χ2v) is 8.29. The highest BCUT2D eigenvalue weighted by atomic mass is 32.2. The number of anilines is 2. The van der Waals surface area contributed by atoms with E-state index in [0.717, 1.165) is 11.8 Å². The van der Waals surface area contributed by atoms with Crippen LogP contribution in [0.25, 0.3) is 0 Å². The van der Waals surface area contributed by atoms with E-state index in [9.17, 15) is 37.3 Å². The highest BCUT2D eigenvalue weighted by molar-refractivity contribution is 8.00. The predicted octanol–water partition coefficient (Wildman–Crippen LogP) is 5.52. The first-order chi connectivity index (χ1) is 16.1. The average molecular weight is 493 g/mol. The molecule has 0 aliphatic rings. The van der Waals surface area contributed by atoms with Crippen molar-refractivity contribution in [3.05, 3.63) is 93.5 Å². The zero-order valence-corrected chi connectivity index (χ0v) is 18.1. The number of nitro benzene ring substituents is 1. The van der Waals surface area contributed by atoms with Gasteiger partial charge >= 0.3 is 0 Å². The SMILES string of the molecule is CC(Sc1cccc(NC(=O)c2ccc([N+](=O)[O-])cc2)c1)C(=O)Nc1c(F)c(F)cc(F)c1F. The van der Waals surface area contributed by atoms with Crippen molar-refractivity contribution in [3.8, 4) is 0 Å². The molecule has 1 unspecified atom stereocenters. The quantitative estimate of drug-likeness (QED) is 0.148. The van der Waals surface area contributed by atoms with E-state index in [4.69, 9.17) is 0 Å². The van der Waals surface area contributed by atoms with Gasteiger partial charge in [0.05, 0.1) is 10.2 Å². The Labute approximate surface area is 194 Å². The number of nitrogens with one attached hydrogen (secondary N) is 2. The van der Waals surface area contributed by atoms with Crippen LogP contribution >= 0.6 is 11.8 Å². The standard InChI is InChI=1S/C22H15F4N3O4S/c1-11(21(30)28-20-18(25)16(23)10-17(24)19(20)26)34-15-4-2-3-13(9-15)27-22(31)12-5-7-14(8-6-12)29(32)33/h2-11H,1H3,(H,27,31)(H,28,30). The number of rotatable bonds is 7. The molecule has 176 valence electrons. The molecule has 34 heavy (non-hydrogen) atoms. The molecule has 12 heteroatoms. The van der Waals surface area contributed by atoms with Gasteiger partial charge in [0.15, 0.2) is 23.3 Å². The Morgan fingerprint density at radius 3 is 2.15 bits per heavy atom. The number of nitrogens with zero attached hydrogens (tertiary/aromatic N) is 1. The Bertz CT molecular complexity index is 1250. The smallest absolute Gasteiger partial charge is 0.269 e. The minimum absolute atomic E-state index is 0.0367. The molecule has 0 radical (unpaired) electrons. The normalized spacial score (nSPS) is 11.6. The molecule has 0 aliphatic heterocycles. The number of carbonyl (C=O) groups is 2. The first kappa shape index (κ1) is 24.7. The van der Waals surface area contributed by atoms with Crippen molar-refractivity contribution in [1.29, 1.82) is 0 Å². The largest absolute Gasteiger partial charge is 0.322 e. The maximum absolute atomic E-state index is 13.8. The van der Waals surface area contributed by atoms with Crippen LogP contribution in [0.3, 0.4) is 0 Å². The lowest BCUT2D eigenvalue weighted by Crippen LogP contribution is -2.24. The van der Waals surface area contributed by atoms with Crippen molar-refractivity contribution in [2.75, 3.05) is 10.6 Å². The van der Waals surface area contributed by atoms with Crippen LogP contribution in [0.4, 0.5) is 34.6 Å². The summed E-state index contributed by atoms with van der Waals surface area (Å²) < 4.78 is 54.3. The highest BCUT2D eigenvalue weighted by Gasteiger charge is 2.23. The molecular weight excluding hydrogens is 478 g/mol. The van der Waals surface area contributed by atoms with Gasteiger partial charge in [-0.25, -0.2) is 17.6 Å². The van der Waals surface area contributed by atoms with Crippen molar-refractivity contribution < 1.29 is 32.1 Å². The van der Waals surface area contributed by atoms with Crippen molar-refractivity contribution in [1.82, 2.24) is 0 Å². The van der Waals surface area contributed by atoms with Crippen LogP contribution < -0.4 is 10.6 Å². The number of hydrogen-bond donors (Lipinski definition) is 2. The number of thioether (sulfide) groups is 1. The number of non-ortho nitro benzene ring substituents is 1. The lowest BCUT2D eigenvalue weighted by Gasteiger charge is -2.14. The summed E-state index contributed by atoms with van der Waals surface area (Å²) in [5, 5.41) is 14.2. The fourth-order valence-corrected chi connectivity index (χ4v) is 3.68. The van der Waals surface area contributed by atoms with Crippen LogP contribution in [0.5, 0.6) is 0 Å². The van der Waals surface area contributed by atoms with Gasteiger partial charge < -0.3 is 10.6 Å². The number of nitro groups is 1. The summed E-state index contributed by atoms with van der Waals surface area (Å²) in [6, 6.07) is 11.3. The van der Waals surface area contributed by atoms with Gasteiger partial charge in [-0.2, -0.15) is 0 Å². The maximum Gasteiger partial charge on any atom is 0.269 e. The predicted molar refractivity (Wildman–Crippen MR) is 118 cm³/mol. The van der Waals surface area contributed by atoms with Gasteiger partial charge in [0.25, 0.3) is 11.6 Å². The van der Waals surface area contributed by atoms with Crippen LogP contribution in [0.1, 0.15) is 17.3 Å². The molecule has 0 aliphatic carbocycles. The number of hydrogen-bond acceptors (Lipinski definition) is 5. The van der Waals surface area contributed by atoms with Gasteiger partial charge in [-0.15, -0.1) is 11.8 Å². The minimum Gasteiger partial charge on any atom is -0.322 e. The Kier molecular flexibility index (Phi) is 7.51. The molecule has 2 amide bonds. The lowest BCUT2D eigenvalue weighted by molar-refractivity contribution is -0.384. The number of carbonyl (C=O) groups excluding carboxylic acids is 2. The summed E-state index contributed by atoms with van der Waals surface area (Å²) in [5.41, 5.74) is -0.852. The molecule has 0 fully saturated rings. The first-order valence-electron chi connectivity index (χ1n) is 9.53. The van der Waals surface area contributed by atoms with Crippen LogP contribution in [0, 0.1) is 33.4 Å². The third-order valence-corrected chi connectivity index (χ3v) is 5.57. The van der Waals surface area contributed by atoms with E-state index in [2.05, 4.69) is 5.32 Å². The van der Waals surface area contributed by atoms with E-state index in [1.54, 1.807) is 18.2 Å². The molecule has 0 spiro atoms. The molecule has 3 aromatic carbocycles. The maximum atomic E-state index is 13.8. The Morgan fingerprint density at radius 1 is 0.941 bits per heavy atom. The van der Waals surface area contributed by atoms with E-state index in [1.807, 2.05) is 5.32 Å². The Balaban J connectivity index is 1.67. The van der Waals surface area contributed by atoms with Crippen LogP contribution in [-0.4, -0.2) is 22.0 Å². The molecule has 0 saturated heterocycles. The van der Waals surface area contributed by atoms with Gasteiger partial charge in [-0.05, 0) is 37.3 Å². The van der Waals surface area contributed by atoms with E-state index < -0.39 is 50.9 Å². The van der Waals surface area contributed by atoms with Crippen molar-refractivity contribution in [3.63, 3.8) is 0 Å². The summed E-state index contributed by atoms with van der Waals surface area (Å²) >= 11 is 0.963. The summed E-state index contributed by atoms with van der Waals surface area (Å²) in [4.78, 5) is 35.3. The van der Waals surface area contributed by atoms with Crippen LogP contribution in [-0.2, 0) is 4.79 Å². The molecule has 0 aromatic heterocycles. The zero-order chi connectivity index (χ0) is 25.0. The molecule has 1 atom stereocenters. The molecule has 0 saturated carbocycles. The molecule has 0 bridgehead atoms. The highest BCUT2D eigenvalue weighted by Crippen LogP contribution is 2.29. The van der Waals surface area contributed by atoms with Gasteiger partial charge in [0, 0.05) is 34.3 Å². The first-order valence-corrected chi connectivity index (χ1v) is 10.4. The van der Waals surface area contributed by atoms with Crippen LogP contribution in [0.2, 0.25) is 0 Å². The Hall–Kier alpha value is -3.93. The Morgan fingerprint density at radius 2 is 1.56 bits per heavy atom.